The van der Waals surface area contributed by atoms with Crippen molar-refractivity contribution in [2.45, 2.75) is 226 Å². The van der Waals surface area contributed by atoms with E-state index in [1.54, 1.807) is 0 Å². The van der Waals surface area contributed by atoms with Crippen LogP contribution in [-0.4, -0.2) is 37.2 Å². The second-order valence-corrected chi connectivity index (χ2v) is 17.1. The van der Waals surface area contributed by atoms with Crippen molar-refractivity contribution in [3.8, 4) is 0 Å². The van der Waals surface area contributed by atoms with Gasteiger partial charge in [0.15, 0.2) is 6.10 Å². The van der Waals surface area contributed by atoms with Gasteiger partial charge in [0.2, 0.25) is 0 Å². The smallest absolute Gasteiger partial charge is 0.306 e. The number of rotatable bonds is 46. The maximum Gasteiger partial charge on any atom is 0.306 e. The van der Waals surface area contributed by atoms with Crippen LogP contribution in [0.4, 0.5) is 0 Å². The van der Waals surface area contributed by atoms with Crippen LogP contribution >= 0.6 is 0 Å². The minimum Gasteiger partial charge on any atom is -0.462 e. The summed E-state index contributed by atoms with van der Waals surface area (Å²) in [5, 5.41) is 0. The SMILES string of the molecule is CC\C=C/C=C\C=C/C=C\CCCCCCCC(=O)OC(COC(=O)CCCCC/C=C\C/C=C\C/C=C\C/C=C\C/C=C\CC)COC(=O)CCCCC/C=C\CCCCCCCCC. The van der Waals surface area contributed by atoms with Crippen LogP contribution < -0.4 is 0 Å². The second kappa shape index (κ2) is 53.4. The molecule has 0 aromatic carbocycles. The highest BCUT2D eigenvalue weighted by molar-refractivity contribution is 5.71. The number of esters is 3. The first-order valence-electron chi connectivity index (χ1n) is 26.6. The lowest BCUT2D eigenvalue weighted by atomic mass is 10.1. The van der Waals surface area contributed by atoms with Crippen LogP contribution in [-0.2, 0) is 28.6 Å². The van der Waals surface area contributed by atoms with Crippen LogP contribution in [0.2, 0.25) is 0 Å². The van der Waals surface area contributed by atoms with Crippen LogP contribution in [0.5, 0.6) is 0 Å². The third kappa shape index (κ3) is 50.8. The van der Waals surface area contributed by atoms with Crippen molar-refractivity contribution in [3.63, 3.8) is 0 Å². The molecular weight excluding hydrogens is 817 g/mol. The fourth-order valence-electron chi connectivity index (χ4n) is 6.83. The average molecular weight is 913 g/mol. The molecule has 0 amide bonds. The van der Waals surface area contributed by atoms with E-state index in [9.17, 15) is 14.4 Å². The standard InChI is InChI=1S/C60H96O6/c1-4-7-10-13-16-19-22-25-28-29-30-31-33-35-38-41-44-47-50-53-59(62)65-56-57(55-64-58(61)52-49-46-43-40-37-34-27-24-21-18-15-12-9-6-3)66-60(63)54-51-48-45-42-39-36-32-26-23-20-17-14-11-8-5-2/h7-8,10-11,14,16-17,19-20,23,25-26,28,30-32,34-35,37-38,57H,4-6,9,12-13,15,18,21-22,24,27,29,33,36,39-56H2,1-3H3/b10-7-,11-8-,17-14-,19-16-,23-20-,28-25-,31-30-,32-26-,37-34-,38-35-. The summed E-state index contributed by atoms with van der Waals surface area (Å²) >= 11 is 0. The molecule has 372 valence electrons. The van der Waals surface area contributed by atoms with Gasteiger partial charge in [0.1, 0.15) is 13.2 Å². The van der Waals surface area contributed by atoms with Crippen molar-refractivity contribution >= 4 is 17.9 Å². The third-order valence-corrected chi connectivity index (χ3v) is 10.8. The van der Waals surface area contributed by atoms with Crippen molar-refractivity contribution in [1.82, 2.24) is 0 Å². The normalized spacial score (nSPS) is 13.1. The second-order valence-electron chi connectivity index (χ2n) is 17.1. The van der Waals surface area contributed by atoms with Gasteiger partial charge in [-0.2, -0.15) is 0 Å². The molecule has 0 aromatic rings. The lowest BCUT2D eigenvalue weighted by Gasteiger charge is -2.18. The van der Waals surface area contributed by atoms with Crippen molar-refractivity contribution in [1.29, 1.82) is 0 Å². The molecule has 0 bridgehead atoms. The molecule has 0 radical (unpaired) electrons. The van der Waals surface area contributed by atoms with Gasteiger partial charge in [-0.25, -0.2) is 0 Å². The summed E-state index contributed by atoms with van der Waals surface area (Å²) in [7, 11) is 0. The highest BCUT2D eigenvalue weighted by atomic mass is 16.6. The molecule has 1 unspecified atom stereocenters. The quantitative estimate of drug-likeness (QED) is 0.0199. The van der Waals surface area contributed by atoms with Crippen molar-refractivity contribution in [2.24, 2.45) is 0 Å². The van der Waals surface area contributed by atoms with Crippen molar-refractivity contribution in [2.75, 3.05) is 13.2 Å². The van der Waals surface area contributed by atoms with E-state index in [0.717, 1.165) is 135 Å². The van der Waals surface area contributed by atoms with Gasteiger partial charge in [-0.1, -0.05) is 213 Å². The number of carbonyl (C=O) groups excluding carboxylic acids is 3. The molecule has 6 nitrogen and oxygen atoms in total. The highest BCUT2D eigenvalue weighted by Crippen LogP contribution is 2.13. The third-order valence-electron chi connectivity index (χ3n) is 10.8. The van der Waals surface area contributed by atoms with E-state index < -0.39 is 6.10 Å². The molecule has 0 spiro atoms. The molecule has 66 heavy (non-hydrogen) atoms. The topological polar surface area (TPSA) is 78.9 Å². The Labute approximate surface area is 405 Å². The Hall–Kier alpha value is -4.19. The fraction of sp³-hybridized carbons (Fsp3) is 0.617. The van der Waals surface area contributed by atoms with Gasteiger partial charge in [0, 0.05) is 19.3 Å². The van der Waals surface area contributed by atoms with E-state index in [1.807, 2.05) is 24.3 Å². The lowest BCUT2D eigenvalue weighted by molar-refractivity contribution is -0.167. The summed E-state index contributed by atoms with van der Waals surface area (Å²) in [6.07, 6.45) is 73.2. The first-order valence-corrected chi connectivity index (χ1v) is 26.6. The Morgan fingerprint density at radius 2 is 0.667 bits per heavy atom. The molecule has 0 aromatic heterocycles. The molecule has 0 aliphatic rings. The summed E-state index contributed by atoms with van der Waals surface area (Å²) < 4.78 is 16.8. The van der Waals surface area contributed by atoms with Gasteiger partial charge in [-0.3, -0.25) is 14.4 Å². The number of ether oxygens (including phenoxy) is 3. The highest BCUT2D eigenvalue weighted by Gasteiger charge is 2.19. The van der Waals surface area contributed by atoms with Crippen LogP contribution in [0.3, 0.4) is 0 Å². The predicted octanol–water partition coefficient (Wildman–Crippen LogP) is 17.7. The maximum absolute atomic E-state index is 12.8. The minimum absolute atomic E-state index is 0.110. The molecule has 0 aliphatic heterocycles. The molecule has 0 saturated carbocycles. The van der Waals surface area contributed by atoms with Gasteiger partial charge in [0.05, 0.1) is 0 Å². The Morgan fingerprint density at radius 1 is 0.333 bits per heavy atom. The zero-order valence-electron chi connectivity index (χ0n) is 42.4. The Morgan fingerprint density at radius 3 is 1.14 bits per heavy atom. The summed E-state index contributed by atoms with van der Waals surface area (Å²) in [5.41, 5.74) is 0. The Kier molecular flexibility index (Phi) is 50.0. The molecule has 0 fully saturated rings. The summed E-state index contributed by atoms with van der Waals surface area (Å²) in [6.45, 7) is 6.31. The van der Waals surface area contributed by atoms with Crippen molar-refractivity contribution < 1.29 is 28.6 Å². The first kappa shape index (κ1) is 61.8. The average Bonchev–Trinajstić information content (AvgIpc) is 3.31. The number of carbonyl (C=O) groups is 3. The molecule has 0 N–H and O–H groups in total. The molecule has 6 heteroatoms. The lowest BCUT2D eigenvalue weighted by Crippen LogP contribution is -2.30. The van der Waals surface area contributed by atoms with Crippen LogP contribution in [0.15, 0.2) is 122 Å². The summed E-state index contributed by atoms with van der Waals surface area (Å²) in [5.74, 6) is -0.987. The molecule has 0 saturated heterocycles. The van der Waals surface area contributed by atoms with E-state index in [2.05, 4.69) is 118 Å². The summed E-state index contributed by atoms with van der Waals surface area (Å²) in [4.78, 5) is 38.0. The number of unbranched alkanes of at least 4 members (excludes halogenated alkanes) is 18. The monoisotopic (exact) mass is 913 g/mol. The molecule has 0 heterocycles. The van der Waals surface area contributed by atoms with E-state index >= 15 is 0 Å². The minimum atomic E-state index is -0.814. The molecule has 0 aliphatic carbocycles. The van der Waals surface area contributed by atoms with Gasteiger partial charge in [0.25, 0.3) is 0 Å². The van der Waals surface area contributed by atoms with Crippen LogP contribution in [0.25, 0.3) is 0 Å². The van der Waals surface area contributed by atoms with E-state index in [1.165, 1.54) is 44.9 Å². The van der Waals surface area contributed by atoms with E-state index in [-0.39, 0.29) is 37.5 Å². The number of hydrogen-bond acceptors (Lipinski definition) is 6. The largest absolute Gasteiger partial charge is 0.462 e. The Bertz CT molecular complexity index is 1420. The fourth-order valence-corrected chi connectivity index (χ4v) is 6.83. The van der Waals surface area contributed by atoms with Crippen LogP contribution in [0, 0.1) is 0 Å². The molecule has 1 atom stereocenters. The van der Waals surface area contributed by atoms with Crippen LogP contribution in [0.1, 0.15) is 220 Å². The number of allylic oxidation sites excluding steroid dienone is 20. The zero-order valence-corrected chi connectivity index (χ0v) is 42.4. The van der Waals surface area contributed by atoms with Gasteiger partial charge in [-0.05, 0) is 109 Å². The Balaban J connectivity index is 4.52. The van der Waals surface area contributed by atoms with Gasteiger partial charge >= 0.3 is 17.9 Å². The summed E-state index contributed by atoms with van der Waals surface area (Å²) in [6, 6.07) is 0. The van der Waals surface area contributed by atoms with E-state index in [0.29, 0.717) is 12.8 Å². The van der Waals surface area contributed by atoms with Crippen molar-refractivity contribution in [3.05, 3.63) is 122 Å². The zero-order chi connectivity index (χ0) is 47.9. The predicted molar refractivity (Wildman–Crippen MR) is 283 cm³/mol. The van der Waals surface area contributed by atoms with Gasteiger partial charge in [-0.15, -0.1) is 0 Å². The molecular formula is C60H96O6. The molecule has 0 rings (SSSR count). The van der Waals surface area contributed by atoms with E-state index in [4.69, 9.17) is 14.2 Å². The van der Waals surface area contributed by atoms with Gasteiger partial charge < -0.3 is 14.2 Å². The maximum atomic E-state index is 12.8. The first-order chi connectivity index (χ1) is 32.5. The number of hydrogen-bond donors (Lipinski definition) is 0.